The molecule has 0 N–H and O–H groups in total. The molecule has 74 valence electrons. The fourth-order valence-electron chi connectivity index (χ4n) is 0.909. The van der Waals surface area contributed by atoms with E-state index in [1.807, 2.05) is 0 Å². The largest absolute Gasteiger partial charge is 0.493 e. The molecule has 1 rings (SSSR count). The average molecular weight is 194 g/mol. The number of benzene rings is 1. The van der Waals surface area contributed by atoms with Crippen LogP contribution in [0, 0.1) is 5.82 Å². The maximum absolute atomic E-state index is 12.8. The molecule has 0 heterocycles. The molecule has 0 spiro atoms. The number of methoxy groups -OCH3 is 1. The van der Waals surface area contributed by atoms with Gasteiger partial charge in [0.25, 0.3) is 0 Å². The van der Waals surface area contributed by atoms with E-state index in [9.17, 15) is 4.39 Å². The van der Waals surface area contributed by atoms with E-state index in [2.05, 4.69) is 13.2 Å². The van der Waals surface area contributed by atoms with Crippen molar-refractivity contribution in [1.29, 1.82) is 0 Å². The zero-order valence-corrected chi connectivity index (χ0v) is 7.92. The standard InChI is InChI=1S/C11H11FO2/c1-4-8(2)14-10-6-5-9(12)7-11(10)13-3/h4-7H,1-2H2,3H3. The Hall–Kier alpha value is -1.77. The molecule has 0 aliphatic carbocycles. The zero-order chi connectivity index (χ0) is 10.6. The minimum absolute atomic E-state index is 0.327. The highest BCUT2D eigenvalue weighted by molar-refractivity contribution is 5.41. The van der Waals surface area contributed by atoms with Crippen molar-refractivity contribution in [3.05, 3.63) is 49.0 Å². The van der Waals surface area contributed by atoms with Crippen molar-refractivity contribution in [2.24, 2.45) is 0 Å². The molecule has 0 amide bonds. The lowest BCUT2D eigenvalue weighted by molar-refractivity contribution is 0.365. The third kappa shape index (κ3) is 2.36. The maximum atomic E-state index is 12.8. The molecule has 0 bridgehead atoms. The van der Waals surface area contributed by atoms with Crippen LogP contribution in [0.3, 0.4) is 0 Å². The van der Waals surface area contributed by atoms with Gasteiger partial charge in [0.2, 0.25) is 0 Å². The number of hydrogen-bond donors (Lipinski definition) is 0. The van der Waals surface area contributed by atoms with Crippen molar-refractivity contribution in [3.8, 4) is 11.5 Å². The van der Waals surface area contributed by atoms with Gasteiger partial charge in [-0.2, -0.15) is 0 Å². The molecular weight excluding hydrogens is 183 g/mol. The second-order valence-electron chi connectivity index (χ2n) is 2.57. The lowest BCUT2D eigenvalue weighted by Gasteiger charge is -2.09. The van der Waals surface area contributed by atoms with Gasteiger partial charge < -0.3 is 9.47 Å². The quantitative estimate of drug-likeness (QED) is 0.542. The minimum atomic E-state index is -0.376. The molecular formula is C11H11FO2. The molecule has 0 saturated carbocycles. The molecule has 1 aromatic rings. The highest BCUT2D eigenvalue weighted by atomic mass is 19.1. The van der Waals surface area contributed by atoms with Crippen molar-refractivity contribution in [2.75, 3.05) is 7.11 Å². The van der Waals surface area contributed by atoms with Crippen LogP contribution in [0.5, 0.6) is 11.5 Å². The molecule has 2 nitrogen and oxygen atoms in total. The van der Waals surface area contributed by atoms with E-state index in [0.717, 1.165) is 0 Å². The van der Waals surface area contributed by atoms with Gasteiger partial charge in [-0.3, -0.25) is 0 Å². The van der Waals surface area contributed by atoms with E-state index in [-0.39, 0.29) is 5.82 Å². The molecule has 0 radical (unpaired) electrons. The SMILES string of the molecule is C=CC(=C)Oc1ccc(F)cc1OC. The number of hydrogen-bond acceptors (Lipinski definition) is 2. The minimum Gasteiger partial charge on any atom is -0.493 e. The Morgan fingerprint density at radius 1 is 1.43 bits per heavy atom. The third-order valence-corrected chi connectivity index (χ3v) is 1.59. The second kappa shape index (κ2) is 4.46. The van der Waals surface area contributed by atoms with Gasteiger partial charge in [0.15, 0.2) is 11.5 Å². The normalized spacial score (nSPS) is 9.29. The molecule has 14 heavy (non-hydrogen) atoms. The first kappa shape index (κ1) is 10.3. The molecule has 0 saturated heterocycles. The summed E-state index contributed by atoms with van der Waals surface area (Å²) in [4.78, 5) is 0. The molecule has 0 aliphatic rings. The van der Waals surface area contributed by atoms with E-state index in [1.165, 1.54) is 31.4 Å². The Labute approximate surface area is 82.3 Å². The smallest absolute Gasteiger partial charge is 0.169 e. The number of ether oxygens (including phenoxy) is 2. The molecule has 1 aromatic carbocycles. The van der Waals surface area contributed by atoms with E-state index in [0.29, 0.717) is 17.3 Å². The van der Waals surface area contributed by atoms with Crippen LogP contribution in [0.4, 0.5) is 4.39 Å². The van der Waals surface area contributed by atoms with Gasteiger partial charge >= 0.3 is 0 Å². The Bertz CT molecular complexity index is 358. The van der Waals surface area contributed by atoms with Crippen LogP contribution in [0.2, 0.25) is 0 Å². The average Bonchev–Trinajstić information content (AvgIpc) is 2.20. The molecule has 0 fully saturated rings. The predicted octanol–water partition coefficient (Wildman–Crippen LogP) is 2.91. The van der Waals surface area contributed by atoms with Crippen molar-refractivity contribution in [2.45, 2.75) is 0 Å². The van der Waals surface area contributed by atoms with Crippen molar-refractivity contribution in [1.82, 2.24) is 0 Å². The van der Waals surface area contributed by atoms with E-state index < -0.39 is 0 Å². The van der Waals surface area contributed by atoms with E-state index >= 15 is 0 Å². The van der Waals surface area contributed by atoms with Gasteiger partial charge in [0.1, 0.15) is 11.6 Å². The zero-order valence-electron chi connectivity index (χ0n) is 7.92. The Kier molecular flexibility index (Phi) is 3.29. The lowest BCUT2D eigenvalue weighted by atomic mass is 10.3. The van der Waals surface area contributed by atoms with E-state index in [4.69, 9.17) is 9.47 Å². The fraction of sp³-hybridized carbons (Fsp3) is 0.0909. The Balaban J connectivity index is 2.96. The number of halogens is 1. The van der Waals surface area contributed by atoms with Gasteiger partial charge in [-0.1, -0.05) is 13.2 Å². The van der Waals surface area contributed by atoms with Crippen LogP contribution in [-0.4, -0.2) is 7.11 Å². The van der Waals surface area contributed by atoms with Crippen LogP contribution < -0.4 is 9.47 Å². The highest BCUT2D eigenvalue weighted by Gasteiger charge is 2.05. The van der Waals surface area contributed by atoms with Crippen LogP contribution in [0.15, 0.2) is 43.2 Å². The van der Waals surface area contributed by atoms with Gasteiger partial charge in [0, 0.05) is 6.07 Å². The Morgan fingerprint density at radius 3 is 2.71 bits per heavy atom. The monoisotopic (exact) mass is 194 g/mol. The summed E-state index contributed by atoms with van der Waals surface area (Å²) in [6.07, 6.45) is 1.46. The summed E-state index contributed by atoms with van der Waals surface area (Å²) in [6.45, 7) is 7.07. The van der Waals surface area contributed by atoms with Crippen LogP contribution in [0.1, 0.15) is 0 Å². The molecule has 0 atom stereocenters. The molecule has 0 aliphatic heterocycles. The maximum Gasteiger partial charge on any atom is 0.169 e. The molecule has 0 unspecified atom stereocenters. The summed E-state index contributed by atoms with van der Waals surface area (Å²) in [7, 11) is 1.44. The number of allylic oxidation sites excluding steroid dienone is 1. The van der Waals surface area contributed by atoms with Gasteiger partial charge in [-0.15, -0.1) is 0 Å². The summed E-state index contributed by atoms with van der Waals surface area (Å²) in [5, 5.41) is 0. The summed E-state index contributed by atoms with van der Waals surface area (Å²) in [6, 6.07) is 4.00. The van der Waals surface area contributed by atoms with Crippen LogP contribution in [-0.2, 0) is 0 Å². The Morgan fingerprint density at radius 2 is 2.14 bits per heavy atom. The summed E-state index contributed by atoms with van der Waals surface area (Å²) in [5.74, 6) is 0.750. The predicted molar refractivity (Wildman–Crippen MR) is 52.9 cm³/mol. The summed E-state index contributed by atoms with van der Waals surface area (Å²) in [5.41, 5.74) is 0. The van der Waals surface area contributed by atoms with E-state index in [1.54, 1.807) is 0 Å². The molecule has 3 heteroatoms. The first-order valence-electron chi connectivity index (χ1n) is 4.00. The van der Waals surface area contributed by atoms with Crippen molar-refractivity contribution >= 4 is 0 Å². The fourth-order valence-corrected chi connectivity index (χ4v) is 0.909. The molecule has 0 aromatic heterocycles. The first-order chi connectivity index (χ1) is 6.67. The van der Waals surface area contributed by atoms with Gasteiger partial charge in [-0.25, -0.2) is 4.39 Å². The van der Waals surface area contributed by atoms with Gasteiger partial charge in [-0.05, 0) is 18.2 Å². The van der Waals surface area contributed by atoms with Crippen LogP contribution in [0.25, 0.3) is 0 Å². The second-order valence-corrected chi connectivity index (χ2v) is 2.57. The van der Waals surface area contributed by atoms with Crippen molar-refractivity contribution in [3.63, 3.8) is 0 Å². The van der Waals surface area contributed by atoms with Crippen LogP contribution >= 0.6 is 0 Å². The lowest BCUT2D eigenvalue weighted by Crippen LogP contribution is -1.94. The van der Waals surface area contributed by atoms with Crippen molar-refractivity contribution < 1.29 is 13.9 Å². The first-order valence-corrected chi connectivity index (χ1v) is 4.00. The topological polar surface area (TPSA) is 18.5 Å². The third-order valence-electron chi connectivity index (χ3n) is 1.59. The number of rotatable bonds is 4. The highest BCUT2D eigenvalue weighted by Crippen LogP contribution is 2.28. The van der Waals surface area contributed by atoms with Gasteiger partial charge in [0.05, 0.1) is 7.11 Å². The summed E-state index contributed by atoms with van der Waals surface area (Å²) >= 11 is 0. The summed E-state index contributed by atoms with van der Waals surface area (Å²) < 4.78 is 22.9.